The summed E-state index contributed by atoms with van der Waals surface area (Å²) in [6.07, 6.45) is 2.77. The number of hydrogen-bond acceptors (Lipinski definition) is 4. The largest absolute Gasteiger partial charge is 0.315 e. The maximum atomic E-state index is 12.6. The van der Waals surface area contributed by atoms with Gasteiger partial charge in [0, 0.05) is 24.5 Å². The van der Waals surface area contributed by atoms with Gasteiger partial charge >= 0.3 is 0 Å². The first-order valence-corrected chi connectivity index (χ1v) is 8.55. The summed E-state index contributed by atoms with van der Waals surface area (Å²) >= 11 is 1.46. The molecule has 1 heterocycles. The molecule has 0 aromatic heterocycles. The molecule has 1 aromatic carbocycles. The molecule has 0 radical (unpaired) electrons. The highest BCUT2D eigenvalue weighted by Crippen LogP contribution is 2.28. The van der Waals surface area contributed by atoms with E-state index in [1.54, 1.807) is 19.2 Å². The zero-order chi connectivity index (χ0) is 13.2. The quantitative estimate of drug-likeness (QED) is 0.850. The average molecular weight is 286 g/mol. The van der Waals surface area contributed by atoms with Gasteiger partial charge in [0.2, 0.25) is 10.0 Å². The number of rotatable bonds is 4. The molecule has 1 aromatic rings. The number of nitrogens with zero attached hydrogens (tertiary/aromatic N) is 1. The first-order chi connectivity index (χ1) is 8.57. The van der Waals surface area contributed by atoms with E-state index in [1.165, 1.54) is 16.1 Å². The van der Waals surface area contributed by atoms with E-state index in [0.717, 1.165) is 24.4 Å². The van der Waals surface area contributed by atoms with E-state index >= 15 is 0 Å². The van der Waals surface area contributed by atoms with Crippen molar-refractivity contribution >= 4 is 21.8 Å². The van der Waals surface area contributed by atoms with Gasteiger partial charge in [-0.1, -0.05) is 12.1 Å². The summed E-state index contributed by atoms with van der Waals surface area (Å²) in [6, 6.07) is 7.22. The van der Waals surface area contributed by atoms with Crippen molar-refractivity contribution in [3.05, 3.63) is 24.3 Å². The third-order valence-electron chi connectivity index (χ3n) is 3.27. The van der Waals surface area contributed by atoms with E-state index < -0.39 is 10.0 Å². The monoisotopic (exact) mass is 286 g/mol. The molecule has 0 spiro atoms. The second kappa shape index (κ2) is 5.61. The number of hydrogen-bond donors (Lipinski definition) is 1. The summed E-state index contributed by atoms with van der Waals surface area (Å²) in [5.74, 6) is 0. The molecule has 4 nitrogen and oxygen atoms in total. The smallest absolute Gasteiger partial charge is 0.244 e. The molecule has 1 saturated heterocycles. The van der Waals surface area contributed by atoms with Gasteiger partial charge in [0.05, 0.1) is 4.90 Å². The van der Waals surface area contributed by atoms with Crippen LogP contribution in [0.4, 0.5) is 0 Å². The maximum absolute atomic E-state index is 12.6. The molecule has 1 unspecified atom stereocenters. The Morgan fingerprint density at radius 3 is 2.72 bits per heavy atom. The van der Waals surface area contributed by atoms with Crippen LogP contribution < -0.4 is 5.32 Å². The predicted octanol–water partition coefficient (Wildman–Crippen LogP) is 1.39. The van der Waals surface area contributed by atoms with Gasteiger partial charge < -0.3 is 5.32 Å². The van der Waals surface area contributed by atoms with Crippen LogP contribution in [0.15, 0.2) is 34.1 Å². The van der Waals surface area contributed by atoms with Crippen LogP contribution in [0.1, 0.15) is 6.42 Å². The van der Waals surface area contributed by atoms with Crippen LogP contribution in [0.5, 0.6) is 0 Å². The van der Waals surface area contributed by atoms with Crippen molar-refractivity contribution in [1.29, 1.82) is 0 Å². The SMILES string of the molecule is CSc1ccccc1S(=O)(=O)N(C)C1CCNC1. The van der Waals surface area contributed by atoms with E-state index in [0.29, 0.717) is 4.90 Å². The molecular weight excluding hydrogens is 268 g/mol. The predicted molar refractivity (Wildman–Crippen MR) is 74.4 cm³/mol. The van der Waals surface area contributed by atoms with Crippen molar-refractivity contribution in [3.8, 4) is 0 Å². The van der Waals surface area contributed by atoms with Gasteiger partial charge in [-0.25, -0.2) is 8.42 Å². The number of benzene rings is 1. The second-order valence-corrected chi connectivity index (χ2v) is 7.13. The van der Waals surface area contributed by atoms with Gasteiger partial charge in [-0.2, -0.15) is 4.31 Å². The minimum atomic E-state index is -3.39. The summed E-state index contributed by atoms with van der Waals surface area (Å²) in [5.41, 5.74) is 0. The van der Waals surface area contributed by atoms with Gasteiger partial charge in [-0.15, -0.1) is 11.8 Å². The fraction of sp³-hybridized carbons (Fsp3) is 0.500. The van der Waals surface area contributed by atoms with Crippen LogP contribution >= 0.6 is 11.8 Å². The van der Waals surface area contributed by atoms with E-state index in [4.69, 9.17) is 0 Å². The van der Waals surface area contributed by atoms with Crippen molar-refractivity contribution in [2.45, 2.75) is 22.3 Å². The Morgan fingerprint density at radius 2 is 2.11 bits per heavy atom. The minimum Gasteiger partial charge on any atom is -0.315 e. The van der Waals surface area contributed by atoms with Crippen LogP contribution in [-0.2, 0) is 10.0 Å². The lowest BCUT2D eigenvalue weighted by molar-refractivity contribution is 0.387. The molecule has 1 atom stereocenters. The zero-order valence-corrected chi connectivity index (χ0v) is 12.2. The van der Waals surface area contributed by atoms with Crippen molar-refractivity contribution < 1.29 is 8.42 Å². The molecule has 0 aliphatic carbocycles. The van der Waals surface area contributed by atoms with E-state index in [1.807, 2.05) is 18.4 Å². The molecule has 0 bridgehead atoms. The fourth-order valence-corrected chi connectivity index (χ4v) is 4.64. The van der Waals surface area contributed by atoms with Crippen molar-refractivity contribution in [2.75, 3.05) is 26.4 Å². The number of thioether (sulfide) groups is 1. The van der Waals surface area contributed by atoms with E-state index in [2.05, 4.69) is 5.32 Å². The Hall–Kier alpha value is -0.560. The molecule has 100 valence electrons. The van der Waals surface area contributed by atoms with Crippen molar-refractivity contribution in [3.63, 3.8) is 0 Å². The third-order valence-corrected chi connectivity index (χ3v) is 6.17. The molecule has 1 aliphatic rings. The van der Waals surface area contributed by atoms with E-state index in [-0.39, 0.29) is 6.04 Å². The van der Waals surface area contributed by atoms with Crippen LogP contribution in [0.2, 0.25) is 0 Å². The molecule has 6 heteroatoms. The van der Waals surface area contributed by atoms with Gasteiger partial charge in [0.1, 0.15) is 0 Å². The molecule has 2 rings (SSSR count). The summed E-state index contributed by atoms with van der Waals surface area (Å²) in [6.45, 7) is 1.62. The van der Waals surface area contributed by atoms with Gasteiger partial charge in [-0.3, -0.25) is 0 Å². The van der Waals surface area contributed by atoms with Gasteiger partial charge in [0.25, 0.3) is 0 Å². The highest BCUT2D eigenvalue weighted by molar-refractivity contribution is 7.99. The first kappa shape index (κ1) is 13.9. The van der Waals surface area contributed by atoms with Crippen molar-refractivity contribution in [2.24, 2.45) is 0 Å². The summed E-state index contributed by atoms with van der Waals surface area (Å²) in [7, 11) is -1.72. The lowest BCUT2D eigenvalue weighted by Crippen LogP contribution is -2.38. The Balaban J connectivity index is 2.35. The summed E-state index contributed by atoms with van der Waals surface area (Å²) in [5, 5.41) is 3.19. The lowest BCUT2D eigenvalue weighted by atomic mass is 10.3. The lowest BCUT2D eigenvalue weighted by Gasteiger charge is -2.24. The Labute approximate surface area is 113 Å². The average Bonchev–Trinajstić information content (AvgIpc) is 2.91. The molecule has 1 aliphatic heterocycles. The summed E-state index contributed by atoms with van der Waals surface area (Å²) in [4.78, 5) is 1.21. The van der Waals surface area contributed by atoms with E-state index in [9.17, 15) is 8.42 Å². The second-order valence-electron chi connectivity index (χ2n) is 4.32. The minimum absolute atomic E-state index is 0.0601. The van der Waals surface area contributed by atoms with Crippen LogP contribution in [0, 0.1) is 0 Å². The maximum Gasteiger partial charge on any atom is 0.244 e. The molecule has 0 saturated carbocycles. The molecule has 0 amide bonds. The normalized spacial score (nSPS) is 20.5. The third kappa shape index (κ3) is 2.56. The number of sulfonamides is 1. The Bertz CT molecular complexity index is 511. The van der Waals surface area contributed by atoms with Crippen molar-refractivity contribution in [1.82, 2.24) is 9.62 Å². The highest BCUT2D eigenvalue weighted by atomic mass is 32.2. The standard InChI is InChI=1S/C12H18N2O2S2/c1-14(10-7-8-13-9-10)18(15,16)12-6-4-3-5-11(12)17-2/h3-6,10,13H,7-9H2,1-2H3. The first-order valence-electron chi connectivity index (χ1n) is 5.89. The topological polar surface area (TPSA) is 49.4 Å². The van der Waals surface area contributed by atoms with Crippen LogP contribution in [0.25, 0.3) is 0 Å². The fourth-order valence-electron chi connectivity index (χ4n) is 2.13. The van der Waals surface area contributed by atoms with Gasteiger partial charge in [-0.05, 0) is 31.4 Å². The van der Waals surface area contributed by atoms with Gasteiger partial charge in [0.15, 0.2) is 0 Å². The Morgan fingerprint density at radius 1 is 1.39 bits per heavy atom. The van der Waals surface area contributed by atoms with Crippen LogP contribution in [-0.4, -0.2) is 45.2 Å². The number of likely N-dealkylation sites (N-methyl/N-ethyl adjacent to an activating group) is 1. The summed E-state index contributed by atoms with van der Waals surface area (Å²) < 4.78 is 26.7. The molecule has 1 N–H and O–H groups in total. The Kier molecular flexibility index (Phi) is 4.32. The zero-order valence-electron chi connectivity index (χ0n) is 10.6. The highest BCUT2D eigenvalue weighted by Gasteiger charge is 2.31. The molecule has 18 heavy (non-hydrogen) atoms. The van der Waals surface area contributed by atoms with Crippen LogP contribution in [0.3, 0.4) is 0 Å². The molecular formula is C12H18N2O2S2. The number of nitrogens with one attached hydrogen (secondary N) is 1. The molecule has 1 fully saturated rings.